The standard InChI is InChI=1S/C11H24O2Si.C10H22O2Si/c1-7-11(2,3)10(12)13-8-9-14(4,5)6;1-7-10(2,3)9(11)12-8-13(4,5)6/h7-9H2,1-6H3;7-8H2,1-6H3. The van der Waals surface area contributed by atoms with E-state index in [9.17, 15) is 9.59 Å². The summed E-state index contributed by atoms with van der Waals surface area (Å²) in [5, 5.41) is 0. The van der Waals surface area contributed by atoms with Gasteiger partial charge in [-0.05, 0) is 46.6 Å². The van der Waals surface area contributed by atoms with Gasteiger partial charge in [0.2, 0.25) is 0 Å². The van der Waals surface area contributed by atoms with Crippen LogP contribution in [-0.2, 0) is 19.1 Å². The molecule has 0 aromatic rings. The molecule has 0 fully saturated rings. The van der Waals surface area contributed by atoms with Crippen molar-refractivity contribution in [2.45, 2.75) is 99.7 Å². The summed E-state index contributed by atoms with van der Waals surface area (Å²) in [5.74, 6) is -0.115. The molecule has 162 valence electrons. The zero-order chi connectivity index (χ0) is 22.1. The summed E-state index contributed by atoms with van der Waals surface area (Å²) in [7, 11) is -2.33. The van der Waals surface area contributed by atoms with Crippen molar-refractivity contribution < 1.29 is 19.1 Å². The van der Waals surface area contributed by atoms with E-state index in [1.54, 1.807) is 0 Å². The molecule has 4 nitrogen and oxygen atoms in total. The lowest BCUT2D eigenvalue weighted by Crippen LogP contribution is -2.34. The molecule has 0 aromatic heterocycles. The van der Waals surface area contributed by atoms with E-state index in [2.05, 4.69) is 39.3 Å². The highest BCUT2D eigenvalue weighted by Gasteiger charge is 2.29. The van der Waals surface area contributed by atoms with E-state index in [0.29, 0.717) is 12.8 Å². The van der Waals surface area contributed by atoms with Crippen molar-refractivity contribution in [1.82, 2.24) is 0 Å². The van der Waals surface area contributed by atoms with Crippen LogP contribution in [0.2, 0.25) is 45.3 Å². The molecule has 0 unspecified atom stereocenters. The van der Waals surface area contributed by atoms with Crippen LogP contribution in [0.4, 0.5) is 0 Å². The van der Waals surface area contributed by atoms with E-state index in [1.807, 2.05) is 41.5 Å². The van der Waals surface area contributed by atoms with Gasteiger partial charge < -0.3 is 9.47 Å². The van der Waals surface area contributed by atoms with Gasteiger partial charge >= 0.3 is 11.9 Å². The fourth-order valence-corrected chi connectivity index (χ4v) is 2.69. The van der Waals surface area contributed by atoms with Crippen LogP contribution in [0.5, 0.6) is 0 Å². The minimum Gasteiger partial charge on any atom is -0.469 e. The quantitative estimate of drug-likeness (QED) is 0.333. The molecule has 0 aliphatic heterocycles. The Morgan fingerprint density at radius 1 is 0.704 bits per heavy atom. The fourth-order valence-electron chi connectivity index (χ4n) is 1.41. The first kappa shape index (κ1) is 28.6. The highest BCUT2D eigenvalue weighted by Crippen LogP contribution is 2.22. The van der Waals surface area contributed by atoms with Gasteiger partial charge in [0.15, 0.2) is 0 Å². The molecule has 0 aliphatic carbocycles. The van der Waals surface area contributed by atoms with Crippen molar-refractivity contribution in [3.63, 3.8) is 0 Å². The second kappa shape index (κ2) is 11.4. The molecular weight excluding hydrogens is 372 g/mol. The Balaban J connectivity index is 0. The molecule has 0 N–H and O–H groups in total. The van der Waals surface area contributed by atoms with Gasteiger partial charge in [-0.2, -0.15) is 0 Å². The molecule has 0 aliphatic rings. The van der Waals surface area contributed by atoms with Crippen LogP contribution >= 0.6 is 0 Å². The van der Waals surface area contributed by atoms with E-state index in [0.717, 1.165) is 18.9 Å². The summed E-state index contributed by atoms with van der Waals surface area (Å²) in [5.41, 5.74) is -0.640. The van der Waals surface area contributed by atoms with Crippen molar-refractivity contribution in [1.29, 1.82) is 0 Å². The summed E-state index contributed by atoms with van der Waals surface area (Å²) in [6, 6.07) is 1.05. The Morgan fingerprint density at radius 3 is 1.37 bits per heavy atom. The SMILES string of the molecule is CCC(C)(C)C(=O)OCC[Si](C)(C)C.CCC(C)(C)C(=O)OC[Si](C)(C)C. The van der Waals surface area contributed by atoms with Crippen LogP contribution in [-0.4, -0.2) is 40.9 Å². The second-order valence-electron chi connectivity index (χ2n) is 11.1. The van der Waals surface area contributed by atoms with Gasteiger partial charge in [-0.1, -0.05) is 53.1 Å². The smallest absolute Gasteiger partial charge is 0.311 e. The summed E-state index contributed by atoms with van der Waals surface area (Å²) >= 11 is 0. The van der Waals surface area contributed by atoms with Gasteiger partial charge in [0.1, 0.15) is 0 Å². The Hall–Kier alpha value is -0.626. The van der Waals surface area contributed by atoms with Crippen LogP contribution in [0, 0.1) is 10.8 Å². The molecule has 0 rings (SSSR count). The third-order valence-corrected chi connectivity index (χ3v) is 7.31. The first-order valence-electron chi connectivity index (χ1n) is 10.2. The predicted molar refractivity (Wildman–Crippen MR) is 122 cm³/mol. The number of rotatable bonds is 9. The summed E-state index contributed by atoms with van der Waals surface area (Å²) in [6.45, 7) is 25.8. The molecule has 0 aromatic carbocycles. The van der Waals surface area contributed by atoms with E-state index in [4.69, 9.17) is 9.47 Å². The lowest BCUT2D eigenvalue weighted by Gasteiger charge is -2.23. The molecule has 6 heteroatoms. The van der Waals surface area contributed by atoms with Crippen molar-refractivity contribution in [2.24, 2.45) is 10.8 Å². The van der Waals surface area contributed by atoms with Crippen LogP contribution < -0.4 is 0 Å². The summed E-state index contributed by atoms with van der Waals surface area (Å²) < 4.78 is 10.6. The first-order valence-corrected chi connectivity index (χ1v) is 17.6. The van der Waals surface area contributed by atoms with Gasteiger partial charge in [-0.25, -0.2) is 0 Å². The average Bonchev–Trinajstić information content (AvgIpc) is 2.50. The number of ether oxygens (including phenoxy) is 2. The van der Waals surface area contributed by atoms with E-state index < -0.39 is 16.1 Å². The Bertz CT molecular complexity index is 458. The number of esters is 2. The molecule has 0 radical (unpaired) electrons. The Morgan fingerprint density at radius 2 is 1.07 bits per heavy atom. The molecule has 0 saturated heterocycles. The van der Waals surface area contributed by atoms with E-state index in [-0.39, 0.29) is 22.8 Å². The lowest BCUT2D eigenvalue weighted by molar-refractivity contribution is -0.153. The van der Waals surface area contributed by atoms with Gasteiger partial charge in [0.25, 0.3) is 0 Å². The molecule has 27 heavy (non-hydrogen) atoms. The number of hydrogen-bond donors (Lipinski definition) is 0. The maximum Gasteiger partial charge on any atom is 0.311 e. The monoisotopic (exact) mass is 418 g/mol. The van der Waals surface area contributed by atoms with Gasteiger partial charge in [0, 0.05) is 8.07 Å². The molecule has 0 spiro atoms. The first-order chi connectivity index (χ1) is 11.9. The molecule has 0 amide bonds. The predicted octanol–water partition coefficient (Wildman–Crippen LogP) is 6.15. The largest absolute Gasteiger partial charge is 0.469 e. The Kier molecular flexibility index (Phi) is 12.1. The Labute approximate surface area is 170 Å². The second-order valence-corrected chi connectivity index (χ2v) is 22.1. The van der Waals surface area contributed by atoms with Crippen molar-refractivity contribution in [2.75, 3.05) is 12.8 Å². The van der Waals surface area contributed by atoms with Crippen molar-refractivity contribution >= 4 is 28.1 Å². The third-order valence-electron chi connectivity index (χ3n) is 4.59. The molecule has 0 bridgehead atoms. The molecule has 0 atom stereocenters. The van der Waals surface area contributed by atoms with Gasteiger partial charge in [0.05, 0.1) is 31.7 Å². The summed E-state index contributed by atoms with van der Waals surface area (Å²) in [6.07, 6.45) is 2.30. The maximum atomic E-state index is 11.6. The molecular formula is C21H46O4Si2. The number of carbonyl (C=O) groups is 2. The number of hydrogen-bond acceptors (Lipinski definition) is 4. The van der Waals surface area contributed by atoms with Gasteiger partial charge in [-0.15, -0.1) is 0 Å². The minimum atomic E-state index is -1.25. The van der Waals surface area contributed by atoms with Crippen LogP contribution in [0.1, 0.15) is 54.4 Å². The topological polar surface area (TPSA) is 52.6 Å². The van der Waals surface area contributed by atoms with Crippen LogP contribution in [0.3, 0.4) is 0 Å². The third kappa shape index (κ3) is 15.0. The number of carbonyl (C=O) groups excluding carboxylic acids is 2. The van der Waals surface area contributed by atoms with Crippen LogP contribution in [0.15, 0.2) is 0 Å². The highest BCUT2D eigenvalue weighted by atomic mass is 28.3. The summed E-state index contributed by atoms with van der Waals surface area (Å²) in [4.78, 5) is 23.1. The highest BCUT2D eigenvalue weighted by molar-refractivity contribution is 6.76. The average molecular weight is 419 g/mol. The van der Waals surface area contributed by atoms with Crippen LogP contribution in [0.25, 0.3) is 0 Å². The molecule has 0 heterocycles. The zero-order valence-electron chi connectivity index (χ0n) is 20.2. The zero-order valence-corrected chi connectivity index (χ0v) is 22.2. The molecule has 0 saturated carbocycles. The van der Waals surface area contributed by atoms with Crippen molar-refractivity contribution in [3.8, 4) is 0 Å². The van der Waals surface area contributed by atoms with Gasteiger partial charge in [-0.3, -0.25) is 9.59 Å². The normalized spacial score (nSPS) is 12.7. The fraction of sp³-hybridized carbons (Fsp3) is 0.905. The lowest BCUT2D eigenvalue weighted by atomic mass is 9.91. The van der Waals surface area contributed by atoms with E-state index >= 15 is 0 Å². The van der Waals surface area contributed by atoms with E-state index in [1.165, 1.54) is 0 Å². The van der Waals surface area contributed by atoms with Crippen molar-refractivity contribution in [3.05, 3.63) is 0 Å². The minimum absolute atomic E-state index is 0.0572. The maximum absolute atomic E-state index is 11.6.